The smallest absolute Gasteiger partial charge is 0.110 e. The molecule has 0 fully saturated rings. The molecule has 0 bridgehead atoms. The van der Waals surface area contributed by atoms with Gasteiger partial charge in [-0.2, -0.15) is 0 Å². The fourth-order valence-electron chi connectivity index (χ4n) is 1.05. The molecule has 1 N–H and O–H groups in total. The Morgan fingerprint density at radius 1 is 0.793 bits per heavy atom. The van der Waals surface area contributed by atoms with E-state index in [1.807, 2.05) is 59.7 Å². The molecule has 0 aliphatic carbocycles. The zero-order valence-electron chi connectivity index (χ0n) is 21.5. The molecular weight excluding hydrogens is 363 g/mol. The molecule has 0 aromatic heterocycles. The maximum absolute atomic E-state index is 12.9. The van der Waals surface area contributed by atoms with Gasteiger partial charge in [-0.25, -0.2) is 4.39 Å². The lowest BCUT2D eigenvalue weighted by molar-refractivity contribution is -0.0153. The van der Waals surface area contributed by atoms with Crippen molar-refractivity contribution in [2.24, 2.45) is 16.2 Å². The number of halogens is 1. The van der Waals surface area contributed by atoms with Crippen LogP contribution in [0.2, 0.25) is 0 Å². The van der Waals surface area contributed by atoms with Crippen molar-refractivity contribution in [2.75, 3.05) is 0 Å². The van der Waals surface area contributed by atoms with Gasteiger partial charge >= 0.3 is 0 Å². The topological polar surface area (TPSA) is 29.5 Å². The van der Waals surface area contributed by atoms with Crippen molar-refractivity contribution in [3.05, 3.63) is 35.9 Å². The Labute approximate surface area is 181 Å². The molecule has 2 atom stereocenters. The van der Waals surface area contributed by atoms with Crippen LogP contribution in [0.4, 0.5) is 4.39 Å². The second-order valence-electron chi connectivity index (χ2n) is 11.6. The molecule has 172 valence electrons. The van der Waals surface area contributed by atoms with E-state index >= 15 is 0 Å². The van der Waals surface area contributed by atoms with Gasteiger partial charge in [-0.1, -0.05) is 92.6 Å². The summed E-state index contributed by atoms with van der Waals surface area (Å²) in [6.07, 6.45) is 0.0789. The van der Waals surface area contributed by atoms with E-state index in [1.165, 1.54) is 5.56 Å². The molecule has 0 amide bonds. The third-order valence-electron chi connectivity index (χ3n) is 5.60. The average molecular weight is 413 g/mol. The number of hydrogen-bond acceptors (Lipinski definition) is 2. The molecular formula is C26H49FO2. The van der Waals surface area contributed by atoms with E-state index in [9.17, 15) is 4.39 Å². The maximum Gasteiger partial charge on any atom is 0.110 e. The van der Waals surface area contributed by atoms with Crippen LogP contribution >= 0.6 is 0 Å². The standard InChI is InChI=1S/C13H20O.C7H15F.C6H14O/c1-11(13(2,3)4)14-10-12-8-6-5-7-9-12;1-6(2,3)7(4,5)8;1-5(7)6(2,3)4/h5-9,11H,10H2,1-4H3;1-5H3;5,7H,1-4H3. The molecule has 0 radical (unpaired) electrons. The van der Waals surface area contributed by atoms with Crippen LogP contribution in [-0.2, 0) is 11.3 Å². The van der Waals surface area contributed by atoms with E-state index in [0.717, 1.165) is 0 Å². The summed E-state index contributed by atoms with van der Waals surface area (Å²) >= 11 is 0. The molecule has 0 heterocycles. The van der Waals surface area contributed by atoms with Gasteiger partial charge in [0.15, 0.2) is 0 Å². The molecule has 0 aliphatic heterocycles. The first-order valence-electron chi connectivity index (χ1n) is 10.7. The predicted molar refractivity (Wildman–Crippen MR) is 126 cm³/mol. The quantitative estimate of drug-likeness (QED) is 0.548. The fraction of sp³-hybridized carbons (Fsp3) is 0.769. The third kappa shape index (κ3) is 15.6. The molecule has 29 heavy (non-hydrogen) atoms. The van der Waals surface area contributed by atoms with Gasteiger partial charge in [0.2, 0.25) is 0 Å². The highest BCUT2D eigenvalue weighted by atomic mass is 19.1. The number of alkyl halides is 1. The Balaban J connectivity index is 0. The largest absolute Gasteiger partial charge is 0.393 e. The van der Waals surface area contributed by atoms with Gasteiger partial charge in [-0.15, -0.1) is 0 Å². The molecule has 1 aromatic rings. The lowest BCUT2D eigenvalue weighted by atomic mass is 9.81. The zero-order valence-corrected chi connectivity index (χ0v) is 21.5. The van der Waals surface area contributed by atoms with Crippen molar-refractivity contribution in [2.45, 2.75) is 114 Å². The van der Waals surface area contributed by atoms with Gasteiger partial charge < -0.3 is 9.84 Å². The molecule has 0 saturated heterocycles. The number of aliphatic hydroxyl groups is 1. The fourth-order valence-corrected chi connectivity index (χ4v) is 1.05. The molecule has 2 unspecified atom stereocenters. The zero-order chi connectivity index (χ0) is 23.7. The van der Waals surface area contributed by atoms with E-state index in [1.54, 1.807) is 20.8 Å². The van der Waals surface area contributed by atoms with Crippen molar-refractivity contribution < 1.29 is 14.2 Å². The third-order valence-corrected chi connectivity index (χ3v) is 5.60. The monoisotopic (exact) mass is 412 g/mol. The first-order valence-corrected chi connectivity index (χ1v) is 10.7. The molecule has 0 saturated carbocycles. The number of hydrogen-bond donors (Lipinski definition) is 1. The Morgan fingerprint density at radius 2 is 1.14 bits per heavy atom. The minimum Gasteiger partial charge on any atom is -0.393 e. The minimum absolute atomic E-state index is 0.0556. The number of ether oxygens (including phenoxy) is 1. The Bertz CT molecular complexity index is 511. The molecule has 0 spiro atoms. The minimum atomic E-state index is -1.06. The summed E-state index contributed by atoms with van der Waals surface area (Å²) in [4.78, 5) is 0. The van der Waals surface area contributed by atoms with Crippen LogP contribution in [0, 0.1) is 16.2 Å². The second kappa shape index (κ2) is 12.1. The summed E-state index contributed by atoms with van der Waals surface area (Å²) in [7, 11) is 0. The van der Waals surface area contributed by atoms with Crippen molar-refractivity contribution in [1.29, 1.82) is 0 Å². The van der Waals surface area contributed by atoms with Gasteiger partial charge in [0.1, 0.15) is 5.67 Å². The van der Waals surface area contributed by atoms with Crippen molar-refractivity contribution in [3.8, 4) is 0 Å². The Hall–Kier alpha value is -0.930. The van der Waals surface area contributed by atoms with E-state index < -0.39 is 5.67 Å². The molecule has 1 aromatic carbocycles. The van der Waals surface area contributed by atoms with Crippen molar-refractivity contribution >= 4 is 0 Å². The first kappa shape index (κ1) is 30.3. The summed E-state index contributed by atoms with van der Waals surface area (Å²) < 4.78 is 18.7. The van der Waals surface area contributed by atoms with Crippen molar-refractivity contribution in [3.63, 3.8) is 0 Å². The molecule has 0 aliphatic rings. The van der Waals surface area contributed by atoms with Gasteiger partial charge in [0.25, 0.3) is 0 Å². The van der Waals surface area contributed by atoms with Crippen LogP contribution in [0.3, 0.4) is 0 Å². The van der Waals surface area contributed by atoms with Crippen LogP contribution < -0.4 is 0 Å². The first-order chi connectivity index (χ1) is 12.7. The van der Waals surface area contributed by atoms with E-state index in [0.29, 0.717) is 6.61 Å². The Kier molecular flexibility index (Phi) is 12.6. The summed E-state index contributed by atoms with van der Waals surface area (Å²) in [5.41, 5.74) is 0.220. The van der Waals surface area contributed by atoms with Crippen molar-refractivity contribution in [1.82, 2.24) is 0 Å². The van der Waals surface area contributed by atoms with E-state index in [4.69, 9.17) is 9.84 Å². The molecule has 3 heteroatoms. The van der Waals surface area contributed by atoms with Gasteiger partial charge in [-0.05, 0) is 49.5 Å². The summed E-state index contributed by atoms with van der Waals surface area (Å²) in [6, 6.07) is 10.3. The maximum atomic E-state index is 12.9. The summed E-state index contributed by atoms with van der Waals surface area (Å²) in [5, 5.41) is 8.89. The highest BCUT2D eigenvalue weighted by molar-refractivity contribution is 5.13. The van der Waals surface area contributed by atoms with Crippen LogP contribution in [0.1, 0.15) is 95.6 Å². The number of rotatable bonds is 3. The molecule has 2 nitrogen and oxygen atoms in total. The van der Waals surface area contributed by atoms with Crippen LogP contribution in [-0.4, -0.2) is 23.0 Å². The normalized spacial score (nSPS) is 14.7. The predicted octanol–water partition coefficient (Wildman–Crippen LogP) is 7.83. The average Bonchev–Trinajstić information content (AvgIpc) is 2.51. The van der Waals surface area contributed by atoms with E-state index in [2.05, 4.69) is 39.8 Å². The molecule has 1 rings (SSSR count). The van der Waals surface area contributed by atoms with Crippen LogP contribution in [0.5, 0.6) is 0 Å². The Morgan fingerprint density at radius 3 is 1.38 bits per heavy atom. The summed E-state index contributed by atoms with van der Waals surface area (Å²) in [5.74, 6) is 0. The lowest BCUT2D eigenvalue weighted by Crippen LogP contribution is -2.31. The highest BCUT2D eigenvalue weighted by Gasteiger charge is 2.31. The van der Waals surface area contributed by atoms with Gasteiger partial charge in [0, 0.05) is 0 Å². The lowest BCUT2D eigenvalue weighted by Gasteiger charge is -2.30. The van der Waals surface area contributed by atoms with Crippen LogP contribution in [0.15, 0.2) is 30.3 Å². The van der Waals surface area contributed by atoms with E-state index in [-0.39, 0.29) is 28.5 Å². The highest BCUT2D eigenvalue weighted by Crippen LogP contribution is 2.32. The van der Waals surface area contributed by atoms with Crippen LogP contribution in [0.25, 0.3) is 0 Å². The summed E-state index contributed by atoms with van der Waals surface area (Å²) in [6.45, 7) is 26.2. The van der Waals surface area contributed by atoms with Gasteiger partial charge in [0.05, 0.1) is 18.8 Å². The number of benzene rings is 1. The SMILES string of the molecule is CC(C)(C)C(C)(C)F.CC(O)C(C)(C)C.CC(OCc1ccccc1)C(C)(C)C. The van der Waals surface area contributed by atoms with Gasteiger partial charge in [-0.3, -0.25) is 0 Å². The second-order valence-corrected chi connectivity index (χ2v) is 11.6. The number of aliphatic hydroxyl groups excluding tert-OH is 1.